The number of nitrogens with one attached hydrogen (secondary N) is 1. The van der Waals surface area contributed by atoms with Crippen molar-refractivity contribution in [1.82, 2.24) is 5.32 Å². The Hall–Kier alpha value is -1.07. The van der Waals surface area contributed by atoms with Gasteiger partial charge in [0.2, 0.25) is 0 Å². The number of aliphatic hydroxyl groups is 1. The summed E-state index contributed by atoms with van der Waals surface area (Å²) in [6, 6.07) is 5.04. The van der Waals surface area contributed by atoms with E-state index in [1.807, 2.05) is 0 Å². The first-order chi connectivity index (χ1) is 8.50. The van der Waals surface area contributed by atoms with E-state index in [9.17, 15) is 9.90 Å². The number of anilines is 1. The third-order valence-electron chi connectivity index (χ3n) is 3.37. The van der Waals surface area contributed by atoms with Crippen LogP contribution in [0.1, 0.15) is 36.0 Å². The molecule has 0 saturated heterocycles. The van der Waals surface area contributed by atoms with Crippen LogP contribution < -0.4 is 11.1 Å². The van der Waals surface area contributed by atoms with Crippen LogP contribution in [0.2, 0.25) is 0 Å². The molecule has 0 bridgehead atoms. The number of amides is 1. The summed E-state index contributed by atoms with van der Waals surface area (Å²) in [5, 5.41) is 12.9. The largest absolute Gasteiger partial charge is 0.398 e. The average Bonchev–Trinajstić information content (AvgIpc) is 2.77. The molecule has 0 spiro atoms. The Morgan fingerprint density at radius 3 is 2.72 bits per heavy atom. The minimum atomic E-state index is -0.722. The molecule has 0 unspecified atom stereocenters. The van der Waals surface area contributed by atoms with Gasteiger partial charge in [-0.3, -0.25) is 4.79 Å². The van der Waals surface area contributed by atoms with Crippen LogP contribution in [0.4, 0.5) is 5.69 Å². The predicted molar refractivity (Wildman–Crippen MR) is 74.3 cm³/mol. The van der Waals surface area contributed by atoms with E-state index in [-0.39, 0.29) is 5.91 Å². The zero-order valence-electron chi connectivity index (χ0n) is 10.1. The van der Waals surface area contributed by atoms with Crippen molar-refractivity contribution in [2.24, 2.45) is 0 Å². The maximum absolute atomic E-state index is 11.9. The quantitative estimate of drug-likeness (QED) is 0.748. The van der Waals surface area contributed by atoms with Crippen LogP contribution in [0, 0.1) is 0 Å². The van der Waals surface area contributed by atoms with Crippen LogP contribution in [-0.4, -0.2) is 23.2 Å². The number of rotatable bonds is 3. The highest BCUT2D eigenvalue weighted by Gasteiger charge is 2.31. The van der Waals surface area contributed by atoms with E-state index >= 15 is 0 Å². The lowest BCUT2D eigenvalue weighted by Crippen LogP contribution is -2.40. The molecule has 98 valence electrons. The monoisotopic (exact) mass is 312 g/mol. The van der Waals surface area contributed by atoms with Crippen molar-refractivity contribution in [2.75, 3.05) is 12.3 Å². The van der Waals surface area contributed by atoms with Crippen molar-refractivity contribution in [1.29, 1.82) is 0 Å². The minimum absolute atomic E-state index is 0.184. The van der Waals surface area contributed by atoms with Crippen molar-refractivity contribution in [3.8, 4) is 0 Å². The average molecular weight is 313 g/mol. The zero-order chi connectivity index (χ0) is 13.2. The van der Waals surface area contributed by atoms with Gasteiger partial charge in [-0.2, -0.15) is 0 Å². The summed E-state index contributed by atoms with van der Waals surface area (Å²) in [7, 11) is 0. The fraction of sp³-hybridized carbons (Fsp3) is 0.462. The second kappa shape index (κ2) is 5.28. The highest BCUT2D eigenvalue weighted by atomic mass is 79.9. The van der Waals surface area contributed by atoms with E-state index < -0.39 is 5.60 Å². The van der Waals surface area contributed by atoms with Gasteiger partial charge in [0.1, 0.15) is 0 Å². The molecule has 0 atom stereocenters. The summed E-state index contributed by atoms with van der Waals surface area (Å²) >= 11 is 3.29. The second-order valence-electron chi connectivity index (χ2n) is 4.85. The number of hydrogen-bond acceptors (Lipinski definition) is 3. The van der Waals surface area contributed by atoms with E-state index in [4.69, 9.17) is 5.73 Å². The first kappa shape index (κ1) is 13.4. The summed E-state index contributed by atoms with van der Waals surface area (Å²) in [5.41, 5.74) is 6.08. The van der Waals surface area contributed by atoms with E-state index in [0.29, 0.717) is 22.3 Å². The third-order valence-corrected chi connectivity index (χ3v) is 4.06. The Kier molecular flexibility index (Phi) is 3.92. The molecule has 1 saturated carbocycles. The van der Waals surface area contributed by atoms with Crippen molar-refractivity contribution in [3.05, 3.63) is 28.2 Å². The Balaban J connectivity index is 1.97. The van der Waals surface area contributed by atoms with Crippen LogP contribution in [0.15, 0.2) is 22.7 Å². The normalized spacial score (nSPS) is 17.7. The number of halogens is 1. The van der Waals surface area contributed by atoms with E-state index in [2.05, 4.69) is 21.2 Å². The summed E-state index contributed by atoms with van der Waals surface area (Å²) < 4.78 is 0.703. The Morgan fingerprint density at radius 1 is 1.44 bits per heavy atom. The topological polar surface area (TPSA) is 75.4 Å². The number of nitrogens with two attached hydrogens (primary N) is 1. The Labute approximate surface area is 115 Å². The molecule has 1 aromatic carbocycles. The lowest BCUT2D eigenvalue weighted by Gasteiger charge is -2.22. The van der Waals surface area contributed by atoms with Crippen LogP contribution in [-0.2, 0) is 0 Å². The molecule has 18 heavy (non-hydrogen) atoms. The number of carbonyl (C=O) groups is 1. The van der Waals surface area contributed by atoms with Crippen molar-refractivity contribution >= 4 is 27.5 Å². The molecule has 4 nitrogen and oxygen atoms in total. The van der Waals surface area contributed by atoms with Crippen LogP contribution in [0.25, 0.3) is 0 Å². The van der Waals surface area contributed by atoms with E-state index in [1.54, 1.807) is 18.2 Å². The lowest BCUT2D eigenvalue weighted by molar-refractivity contribution is 0.0449. The minimum Gasteiger partial charge on any atom is -0.398 e. The molecule has 0 radical (unpaired) electrons. The number of benzene rings is 1. The summed E-state index contributed by atoms with van der Waals surface area (Å²) in [6.07, 6.45) is 3.58. The maximum atomic E-state index is 11.9. The molecule has 1 aliphatic carbocycles. The first-order valence-corrected chi connectivity index (χ1v) is 6.85. The second-order valence-corrected chi connectivity index (χ2v) is 5.70. The highest BCUT2D eigenvalue weighted by Crippen LogP contribution is 2.28. The van der Waals surface area contributed by atoms with E-state index in [0.717, 1.165) is 25.7 Å². The molecule has 4 N–H and O–H groups in total. The van der Waals surface area contributed by atoms with Gasteiger partial charge in [-0.05, 0) is 47.0 Å². The van der Waals surface area contributed by atoms with Gasteiger partial charge in [0.15, 0.2) is 0 Å². The SMILES string of the molecule is Nc1ccc(C(=O)NCC2(O)CCCC2)cc1Br. The fourth-order valence-electron chi connectivity index (χ4n) is 2.23. The molecule has 1 amide bonds. The summed E-state index contributed by atoms with van der Waals surface area (Å²) in [5.74, 6) is -0.184. The Bertz CT molecular complexity index is 456. The molecule has 0 heterocycles. The number of carbonyl (C=O) groups excluding carboxylic acids is 1. The van der Waals surface area contributed by atoms with Crippen LogP contribution in [0.3, 0.4) is 0 Å². The van der Waals surface area contributed by atoms with Gasteiger partial charge in [0.25, 0.3) is 5.91 Å². The fourth-order valence-corrected chi connectivity index (χ4v) is 2.60. The maximum Gasteiger partial charge on any atom is 0.251 e. The van der Waals surface area contributed by atoms with Crippen molar-refractivity contribution < 1.29 is 9.90 Å². The standard InChI is InChI=1S/C13H17BrN2O2/c14-10-7-9(3-4-11(10)15)12(17)16-8-13(18)5-1-2-6-13/h3-4,7,18H,1-2,5-6,8,15H2,(H,16,17). The number of nitrogen functional groups attached to an aromatic ring is 1. The van der Waals surface area contributed by atoms with Crippen LogP contribution in [0.5, 0.6) is 0 Å². The van der Waals surface area contributed by atoms with Crippen molar-refractivity contribution in [3.63, 3.8) is 0 Å². The lowest BCUT2D eigenvalue weighted by atomic mass is 10.0. The molecular weight excluding hydrogens is 296 g/mol. The molecule has 1 aromatic rings. The van der Waals surface area contributed by atoms with Gasteiger partial charge in [0, 0.05) is 22.3 Å². The molecule has 0 aromatic heterocycles. The van der Waals surface area contributed by atoms with Gasteiger partial charge < -0.3 is 16.2 Å². The van der Waals surface area contributed by atoms with Gasteiger partial charge in [0.05, 0.1) is 5.60 Å². The van der Waals surface area contributed by atoms with E-state index in [1.165, 1.54) is 0 Å². The van der Waals surface area contributed by atoms with Gasteiger partial charge in [-0.15, -0.1) is 0 Å². The molecule has 2 rings (SSSR count). The van der Waals surface area contributed by atoms with Gasteiger partial charge >= 0.3 is 0 Å². The third kappa shape index (κ3) is 3.03. The smallest absolute Gasteiger partial charge is 0.251 e. The molecule has 5 heteroatoms. The number of hydrogen-bond donors (Lipinski definition) is 3. The van der Waals surface area contributed by atoms with Gasteiger partial charge in [-0.1, -0.05) is 12.8 Å². The predicted octanol–water partition coefficient (Wildman–Crippen LogP) is 2.07. The molecule has 0 aliphatic heterocycles. The van der Waals surface area contributed by atoms with Crippen molar-refractivity contribution in [2.45, 2.75) is 31.3 Å². The van der Waals surface area contributed by atoms with Crippen LogP contribution >= 0.6 is 15.9 Å². The van der Waals surface area contributed by atoms with Gasteiger partial charge in [-0.25, -0.2) is 0 Å². The Morgan fingerprint density at radius 2 is 2.11 bits per heavy atom. The summed E-state index contributed by atoms with van der Waals surface area (Å²) in [4.78, 5) is 11.9. The molecular formula is C13H17BrN2O2. The summed E-state index contributed by atoms with van der Waals surface area (Å²) in [6.45, 7) is 0.313. The first-order valence-electron chi connectivity index (χ1n) is 6.06. The highest BCUT2D eigenvalue weighted by molar-refractivity contribution is 9.10. The molecule has 1 aliphatic rings. The zero-order valence-corrected chi connectivity index (χ0v) is 11.7. The molecule has 1 fully saturated rings.